The minimum Gasteiger partial charge on any atom is -0.305 e. The predicted molar refractivity (Wildman–Crippen MR) is 82.7 cm³/mol. The molecule has 0 radical (unpaired) electrons. The lowest BCUT2D eigenvalue weighted by molar-refractivity contribution is 0.153. The Balaban J connectivity index is 1.87. The molecular formula is C15H27N3S. The zero-order valence-electron chi connectivity index (χ0n) is 12.6. The monoisotopic (exact) mass is 281 g/mol. The van der Waals surface area contributed by atoms with Crippen LogP contribution in [-0.4, -0.2) is 35.6 Å². The minimum atomic E-state index is 0.366. The number of nitrogens with one attached hydrogen (secondary N) is 1. The first-order chi connectivity index (χ1) is 9.10. The molecule has 19 heavy (non-hydrogen) atoms. The van der Waals surface area contributed by atoms with Gasteiger partial charge in [-0.2, -0.15) is 0 Å². The molecule has 3 unspecified atom stereocenters. The van der Waals surface area contributed by atoms with E-state index in [1.54, 1.807) is 11.3 Å². The van der Waals surface area contributed by atoms with Crippen molar-refractivity contribution in [3.63, 3.8) is 0 Å². The highest BCUT2D eigenvalue weighted by Gasteiger charge is 2.25. The molecule has 1 aromatic heterocycles. The first-order valence-corrected chi connectivity index (χ1v) is 8.32. The van der Waals surface area contributed by atoms with Crippen LogP contribution in [0.4, 0.5) is 0 Å². The Bertz CT molecular complexity index is 390. The third-order valence-corrected chi connectivity index (χ3v) is 5.31. The number of piperidine rings is 1. The predicted octanol–water partition coefficient (Wildman–Crippen LogP) is 3.22. The van der Waals surface area contributed by atoms with Gasteiger partial charge in [-0.3, -0.25) is 0 Å². The van der Waals surface area contributed by atoms with Crippen LogP contribution in [0, 0.1) is 12.8 Å². The molecule has 0 spiro atoms. The van der Waals surface area contributed by atoms with Crippen LogP contribution >= 0.6 is 11.3 Å². The topological polar surface area (TPSA) is 28.2 Å². The van der Waals surface area contributed by atoms with Gasteiger partial charge in [-0.1, -0.05) is 6.92 Å². The summed E-state index contributed by atoms with van der Waals surface area (Å²) in [6.07, 6.45) is 4.67. The van der Waals surface area contributed by atoms with Crippen LogP contribution in [0.1, 0.15) is 49.5 Å². The molecule has 4 heteroatoms. The molecule has 1 saturated heterocycles. The Labute approximate surface area is 121 Å². The third-order valence-electron chi connectivity index (χ3n) is 4.22. The highest BCUT2D eigenvalue weighted by atomic mass is 32.1. The molecule has 108 valence electrons. The molecule has 3 nitrogen and oxygen atoms in total. The van der Waals surface area contributed by atoms with Crippen molar-refractivity contribution in [2.75, 3.05) is 19.6 Å². The molecule has 1 aromatic rings. The van der Waals surface area contributed by atoms with E-state index in [4.69, 9.17) is 0 Å². The van der Waals surface area contributed by atoms with Crippen molar-refractivity contribution in [2.24, 2.45) is 5.92 Å². The van der Waals surface area contributed by atoms with Crippen LogP contribution in [0.2, 0.25) is 0 Å². The largest absolute Gasteiger partial charge is 0.305 e. The van der Waals surface area contributed by atoms with Crippen molar-refractivity contribution in [3.05, 3.63) is 16.1 Å². The molecule has 2 rings (SSSR count). The normalized spacial score (nSPS) is 24.3. The molecule has 0 aromatic carbocycles. The first kappa shape index (κ1) is 14.9. The Morgan fingerprint density at radius 2 is 2.32 bits per heavy atom. The quantitative estimate of drug-likeness (QED) is 0.898. The summed E-state index contributed by atoms with van der Waals surface area (Å²) in [5.74, 6) is 0.775. The number of aromatic nitrogens is 1. The lowest BCUT2D eigenvalue weighted by Crippen LogP contribution is -2.44. The zero-order chi connectivity index (χ0) is 13.8. The smallest absolute Gasteiger partial charge is 0.109 e. The zero-order valence-corrected chi connectivity index (χ0v) is 13.5. The standard InChI is InChI=1S/C15H27N3S/c1-5-18-8-6-7-14(10-18)12(3)17-13(4)15-16-9-11(2)19-15/h9,12-14,17H,5-8,10H2,1-4H3. The summed E-state index contributed by atoms with van der Waals surface area (Å²) < 4.78 is 0. The van der Waals surface area contributed by atoms with Crippen molar-refractivity contribution in [1.82, 2.24) is 15.2 Å². The van der Waals surface area contributed by atoms with Crippen LogP contribution in [0.3, 0.4) is 0 Å². The van der Waals surface area contributed by atoms with E-state index in [1.807, 2.05) is 6.20 Å². The summed E-state index contributed by atoms with van der Waals surface area (Å²) in [4.78, 5) is 8.36. The van der Waals surface area contributed by atoms with Gasteiger partial charge in [0, 0.05) is 23.7 Å². The fourth-order valence-corrected chi connectivity index (χ4v) is 3.75. The lowest BCUT2D eigenvalue weighted by atomic mass is 9.91. The Morgan fingerprint density at radius 3 is 2.95 bits per heavy atom. The minimum absolute atomic E-state index is 0.366. The van der Waals surface area contributed by atoms with Crippen molar-refractivity contribution in [3.8, 4) is 0 Å². The summed E-state index contributed by atoms with van der Waals surface area (Å²) in [5.41, 5.74) is 0. The Morgan fingerprint density at radius 1 is 1.53 bits per heavy atom. The second-order valence-electron chi connectivity index (χ2n) is 5.78. The highest BCUT2D eigenvalue weighted by Crippen LogP contribution is 2.24. The molecule has 0 amide bonds. The number of hydrogen-bond donors (Lipinski definition) is 1. The van der Waals surface area contributed by atoms with Crippen molar-refractivity contribution >= 4 is 11.3 Å². The number of thiazole rings is 1. The van der Waals surface area contributed by atoms with Gasteiger partial charge in [-0.25, -0.2) is 4.98 Å². The SMILES string of the molecule is CCN1CCCC(C(C)NC(C)c2ncc(C)s2)C1. The maximum Gasteiger partial charge on any atom is 0.109 e. The van der Waals surface area contributed by atoms with Gasteiger partial charge in [0.25, 0.3) is 0 Å². The van der Waals surface area contributed by atoms with Gasteiger partial charge >= 0.3 is 0 Å². The fourth-order valence-electron chi connectivity index (χ4n) is 2.96. The molecule has 1 N–H and O–H groups in total. The van der Waals surface area contributed by atoms with Crippen molar-refractivity contribution in [1.29, 1.82) is 0 Å². The van der Waals surface area contributed by atoms with Gasteiger partial charge in [-0.15, -0.1) is 11.3 Å². The van der Waals surface area contributed by atoms with Crippen LogP contribution in [0.25, 0.3) is 0 Å². The number of likely N-dealkylation sites (tertiary alicyclic amines) is 1. The van der Waals surface area contributed by atoms with E-state index < -0.39 is 0 Å². The van der Waals surface area contributed by atoms with Crippen LogP contribution in [-0.2, 0) is 0 Å². The summed E-state index contributed by atoms with van der Waals surface area (Å²) in [5, 5.41) is 4.96. The first-order valence-electron chi connectivity index (χ1n) is 7.51. The van der Waals surface area contributed by atoms with Gasteiger partial charge in [0.1, 0.15) is 5.01 Å². The average Bonchev–Trinajstić information content (AvgIpc) is 2.85. The molecule has 1 aliphatic heterocycles. The Hall–Kier alpha value is -0.450. The van der Waals surface area contributed by atoms with Crippen molar-refractivity contribution in [2.45, 2.75) is 52.6 Å². The molecule has 0 saturated carbocycles. The van der Waals surface area contributed by atoms with Crippen molar-refractivity contribution < 1.29 is 0 Å². The summed E-state index contributed by atoms with van der Waals surface area (Å²) in [7, 11) is 0. The lowest BCUT2D eigenvalue weighted by Gasteiger charge is -2.36. The van der Waals surface area contributed by atoms with Gasteiger partial charge in [0.05, 0.1) is 6.04 Å². The number of hydrogen-bond acceptors (Lipinski definition) is 4. The maximum absolute atomic E-state index is 4.49. The highest BCUT2D eigenvalue weighted by molar-refractivity contribution is 7.11. The van der Waals surface area contributed by atoms with Crippen LogP contribution < -0.4 is 5.32 Å². The molecule has 1 aliphatic rings. The fraction of sp³-hybridized carbons (Fsp3) is 0.800. The van der Waals surface area contributed by atoms with Gasteiger partial charge in [0.15, 0.2) is 0 Å². The second-order valence-corrected chi connectivity index (χ2v) is 7.05. The molecule has 0 aliphatic carbocycles. The van der Waals surface area contributed by atoms with E-state index in [2.05, 4.69) is 42.9 Å². The molecule has 2 heterocycles. The third kappa shape index (κ3) is 4.01. The van der Waals surface area contributed by atoms with Crippen LogP contribution in [0.5, 0.6) is 0 Å². The Kier molecular flexibility index (Phi) is 5.37. The van der Waals surface area contributed by atoms with Gasteiger partial charge in [-0.05, 0) is 52.6 Å². The number of rotatable bonds is 5. The molecule has 3 atom stereocenters. The number of aryl methyl sites for hydroxylation is 1. The van der Waals surface area contributed by atoms with Gasteiger partial charge in [0.2, 0.25) is 0 Å². The molecule has 0 bridgehead atoms. The van der Waals surface area contributed by atoms with E-state index in [9.17, 15) is 0 Å². The molecular weight excluding hydrogens is 254 g/mol. The summed E-state index contributed by atoms with van der Waals surface area (Å²) >= 11 is 1.81. The van der Waals surface area contributed by atoms with E-state index in [-0.39, 0.29) is 0 Å². The van der Waals surface area contributed by atoms with Gasteiger partial charge < -0.3 is 10.2 Å². The van der Waals surface area contributed by atoms with E-state index in [0.717, 1.165) is 5.92 Å². The number of nitrogens with zero attached hydrogens (tertiary/aromatic N) is 2. The maximum atomic E-state index is 4.49. The van der Waals surface area contributed by atoms with E-state index >= 15 is 0 Å². The average molecular weight is 281 g/mol. The summed E-state index contributed by atoms with van der Waals surface area (Å²) in [6.45, 7) is 12.7. The van der Waals surface area contributed by atoms with E-state index in [1.165, 1.54) is 42.4 Å². The summed E-state index contributed by atoms with van der Waals surface area (Å²) in [6, 6.07) is 0.930. The van der Waals surface area contributed by atoms with Crippen LogP contribution in [0.15, 0.2) is 6.20 Å². The van der Waals surface area contributed by atoms with E-state index in [0.29, 0.717) is 12.1 Å². The second kappa shape index (κ2) is 6.82. The molecule has 1 fully saturated rings.